The van der Waals surface area contributed by atoms with E-state index in [9.17, 15) is 0 Å². The molecule has 0 aliphatic rings. The number of nitrogens with two attached hydrogens (primary N) is 1. The first-order valence-corrected chi connectivity index (χ1v) is 20.8. The Morgan fingerprint density at radius 2 is 0.950 bits per heavy atom. The molecule has 0 spiro atoms. The lowest BCUT2D eigenvalue weighted by molar-refractivity contribution is 0.246. The fourth-order valence-electron chi connectivity index (χ4n) is 8.84. The third kappa shape index (κ3) is 7.32. The topological polar surface area (TPSA) is 90.7 Å². The van der Waals surface area contributed by atoms with Gasteiger partial charge in [-0.25, -0.2) is 9.97 Å². The Balaban J connectivity index is 1.11. The van der Waals surface area contributed by atoms with Gasteiger partial charge in [-0.2, -0.15) is 0 Å². The van der Waals surface area contributed by atoms with Crippen LogP contribution in [0.25, 0.3) is 66.1 Å². The molecule has 0 saturated heterocycles. The molecule has 10 aromatic rings. The summed E-state index contributed by atoms with van der Waals surface area (Å²) in [6, 6.07) is 51.6. The molecule has 0 atom stereocenters. The fraction of sp³-hybridized carbons (Fsp3) is 0.154. The van der Waals surface area contributed by atoms with E-state index >= 15 is 0 Å². The minimum Gasteiger partial charge on any atom is -0.334 e. The maximum absolute atomic E-state index is 6.07. The lowest BCUT2D eigenvalue weighted by Gasteiger charge is -2.23. The van der Waals surface area contributed by atoms with Crippen LogP contribution in [0.15, 0.2) is 170 Å². The summed E-state index contributed by atoms with van der Waals surface area (Å²) in [5.74, 6) is 0. The van der Waals surface area contributed by atoms with Crippen LogP contribution in [-0.2, 0) is 26.2 Å². The second-order valence-electron chi connectivity index (χ2n) is 15.6. The summed E-state index contributed by atoms with van der Waals surface area (Å²) in [7, 11) is 0. The van der Waals surface area contributed by atoms with Crippen LogP contribution in [0.4, 0.5) is 0 Å². The number of pyridine rings is 4. The second-order valence-corrected chi connectivity index (χ2v) is 15.6. The standard InChI is InChI=1S/C52H46N8/c53-25-11-12-28-58(35-41-29-45-43-21-7-9-23-47(43)59(33-37-15-3-1-4-16-37)51(45)49(56-41)39-19-13-26-54-31-39)36-42-30-46-44-22-8-10-24-48(44)60(34-38-17-5-2-6-18-38)52(46)50(57-42)40-20-14-27-55-32-40/h1-10,13-24,26-27,29-32H,11-12,25,28,33-36,53H2. The molecule has 6 heterocycles. The van der Waals surface area contributed by atoms with E-state index in [1.54, 1.807) is 0 Å². The van der Waals surface area contributed by atoms with Crippen molar-refractivity contribution in [2.24, 2.45) is 5.73 Å². The average Bonchev–Trinajstić information content (AvgIpc) is 3.79. The molecule has 8 heteroatoms. The molecule has 0 bridgehead atoms. The average molecular weight is 783 g/mol. The van der Waals surface area contributed by atoms with Gasteiger partial charge in [0.05, 0.1) is 33.8 Å². The molecule has 4 aromatic carbocycles. The highest BCUT2D eigenvalue weighted by molar-refractivity contribution is 6.13. The molecule has 8 nitrogen and oxygen atoms in total. The molecule has 0 aliphatic carbocycles. The van der Waals surface area contributed by atoms with E-state index in [-0.39, 0.29) is 0 Å². The van der Waals surface area contributed by atoms with Gasteiger partial charge in [0.15, 0.2) is 0 Å². The summed E-state index contributed by atoms with van der Waals surface area (Å²) in [6.45, 7) is 4.26. The Labute approximate surface area is 349 Å². The number of nitrogens with zero attached hydrogens (tertiary/aromatic N) is 7. The van der Waals surface area contributed by atoms with Gasteiger partial charge < -0.3 is 14.9 Å². The third-order valence-corrected chi connectivity index (χ3v) is 11.5. The number of hydrogen-bond acceptors (Lipinski definition) is 6. The number of aromatic nitrogens is 6. The maximum atomic E-state index is 6.07. The van der Waals surface area contributed by atoms with E-state index in [0.29, 0.717) is 19.6 Å². The predicted octanol–water partition coefficient (Wildman–Crippen LogP) is 10.7. The summed E-state index contributed by atoms with van der Waals surface area (Å²) in [5, 5.41) is 4.81. The molecule has 10 rings (SSSR count). The number of hydrogen-bond donors (Lipinski definition) is 1. The molecule has 294 valence electrons. The van der Waals surface area contributed by atoms with E-state index < -0.39 is 0 Å². The number of fused-ring (bicyclic) bond motifs is 6. The molecule has 0 amide bonds. The molecule has 2 N–H and O–H groups in total. The van der Waals surface area contributed by atoms with Crippen molar-refractivity contribution in [1.82, 2.24) is 34.0 Å². The largest absolute Gasteiger partial charge is 0.334 e. The number of para-hydroxylation sites is 2. The fourth-order valence-corrected chi connectivity index (χ4v) is 8.84. The lowest BCUT2D eigenvalue weighted by atomic mass is 10.1. The van der Waals surface area contributed by atoms with Gasteiger partial charge in [-0.15, -0.1) is 0 Å². The summed E-state index contributed by atoms with van der Waals surface area (Å²) < 4.78 is 4.84. The highest BCUT2D eigenvalue weighted by Gasteiger charge is 2.22. The van der Waals surface area contributed by atoms with Crippen molar-refractivity contribution >= 4 is 43.6 Å². The summed E-state index contributed by atoms with van der Waals surface area (Å²) in [5.41, 5.74) is 19.0. The van der Waals surface area contributed by atoms with Gasteiger partial charge in [0.25, 0.3) is 0 Å². The SMILES string of the molecule is NCCCCN(Cc1cc2c3ccccc3n(Cc3ccccc3)c2c(-c2cccnc2)n1)Cc1cc2c3ccccc3n(Cc3ccccc3)c2c(-c2cccnc2)n1. The van der Waals surface area contributed by atoms with Crippen molar-refractivity contribution in [3.8, 4) is 22.5 Å². The molecule has 0 fully saturated rings. The van der Waals surface area contributed by atoms with Gasteiger partial charge in [0, 0.05) is 94.7 Å². The normalized spacial score (nSPS) is 11.8. The van der Waals surface area contributed by atoms with Crippen molar-refractivity contribution < 1.29 is 0 Å². The maximum Gasteiger partial charge on any atom is 0.0964 e. The van der Waals surface area contributed by atoms with Gasteiger partial charge in [0.2, 0.25) is 0 Å². The zero-order valence-electron chi connectivity index (χ0n) is 33.5. The van der Waals surface area contributed by atoms with Crippen LogP contribution in [0.5, 0.6) is 0 Å². The van der Waals surface area contributed by atoms with Crippen LogP contribution in [-0.4, -0.2) is 47.1 Å². The lowest BCUT2D eigenvalue weighted by Crippen LogP contribution is -2.26. The first-order valence-electron chi connectivity index (χ1n) is 20.8. The van der Waals surface area contributed by atoms with Gasteiger partial charge in [-0.3, -0.25) is 14.9 Å². The number of unbranched alkanes of at least 4 members (excludes halogenated alkanes) is 1. The molecule has 0 aliphatic heterocycles. The van der Waals surface area contributed by atoms with Crippen LogP contribution < -0.4 is 5.73 Å². The van der Waals surface area contributed by atoms with Crippen LogP contribution in [0, 0.1) is 0 Å². The van der Waals surface area contributed by atoms with Gasteiger partial charge in [-0.1, -0.05) is 97.1 Å². The van der Waals surface area contributed by atoms with E-state index in [1.807, 2.05) is 36.9 Å². The highest BCUT2D eigenvalue weighted by Crippen LogP contribution is 2.38. The zero-order valence-corrected chi connectivity index (χ0v) is 33.5. The van der Waals surface area contributed by atoms with Crippen molar-refractivity contribution in [1.29, 1.82) is 0 Å². The van der Waals surface area contributed by atoms with E-state index in [1.165, 1.54) is 43.7 Å². The van der Waals surface area contributed by atoms with Gasteiger partial charge in [0.1, 0.15) is 0 Å². The molecular formula is C52H46N8. The van der Waals surface area contributed by atoms with Gasteiger partial charge in [-0.05, 0) is 85.6 Å². The first kappa shape index (κ1) is 37.3. The van der Waals surface area contributed by atoms with E-state index in [4.69, 9.17) is 15.7 Å². The van der Waals surface area contributed by atoms with Gasteiger partial charge >= 0.3 is 0 Å². The van der Waals surface area contributed by atoms with Crippen molar-refractivity contribution in [3.05, 3.63) is 193 Å². The monoisotopic (exact) mass is 782 g/mol. The van der Waals surface area contributed by atoms with Crippen LogP contribution in [0.3, 0.4) is 0 Å². The number of rotatable bonds is 14. The zero-order chi connectivity index (χ0) is 40.3. The second kappa shape index (κ2) is 16.7. The van der Waals surface area contributed by atoms with E-state index in [2.05, 4.69) is 157 Å². The van der Waals surface area contributed by atoms with Crippen LogP contribution in [0.2, 0.25) is 0 Å². The van der Waals surface area contributed by atoms with E-state index in [0.717, 1.165) is 77.4 Å². The minimum absolute atomic E-state index is 0.643. The van der Waals surface area contributed by atoms with Crippen molar-refractivity contribution in [2.75, 3.05) is 13.1 Å². The summed E-state index contributed by atoms with van der Waals surface area (Å²) >= 11 is 0. The summed E-state index contributed by atoms with van der Waals surface area (Å²) in [6.07, 6.45) is 9.43. The quantitative estimate of drug-likeness (QED) is 0.111. The Hall–Kier alpha value is -7.00. The van der Waals surface area contributed by atoms with Crippen molar-refractivity contribution in [2.45, 2.75) is 39.0 Å². The number of benzene rings is 4. The first-order chi connectivity index (χ1) is 29.7. The molecule has 0 unspecified atom stereocenters. The molecular weight excluding hydrogens is 737 g/mol. The predicted molar refractivity (Wildman–Crippen MR) is 244 cm³/mol. The molecule has 0 radical (unpaired) electrons. The third-order valence-electron chi connectivity index (χ3n) is 11.5. The Morgan fingerprint density at radius 3 is 1.40 bits per heavy atom. The highest BCUT2D eigenvalue weighted by atomic mass is 15.1. The Bertz CT molecular complexity index is 2850. The van der Waals surface area contributed by atoms with Crippen LogP contribution >= 0.6 is 0 Å². The summed E-state index contributed by atoms with van der Waals surface area (Å²) in [4.78, 5) is 22.6. The molecule has 60 heavy (non-hydrogen) atoms. The Morgan fingerprint density at radius 1 is 0.483 bits per heavy atom. The van der Waals surface area contributed by atoms with Crippen molar-refractivity contribution in [3.63, 3.8) is 0 Å². The van der Waals surface area contributed by atoms with Crippen LogP contribution in [0.1, 0.15) is 35.4 Å². The minimum atomic E-state index is 0.643. The molecule has 6 aromatic heterocycles. The Kier molecular flexibility index (Phi) is 10.4. The smallest absolute Gasteiger partial charge is 0.0964 e. The molecule has 0 saturated carbocycles.